The minimum atomic E-state index is -4.34. The number of fused-ring (bicyclic) bond motifs is 1. The average Bonchev–Trinajstić information content (AvgIpc) is 3.16. The van der Waals surface area contributed by atoms with Crippen LogP contribution in [0.15, 0.2) is 48.5 Å². The molecule has 0 aliphatic carbocycles. The van der Waals surface area contributed by atoms with E-state index in [1.54, 1.807) is 6.07 Å². The fourth-order valence-corrected chi connectivity index (χ4v) is 4.20. The molecule has 0 aromatic heterocycles. The SMILES string of the molecule is C[C@@H](C(=O)N1CCc2ccccc21)N1CCN(c2cccc(C(F)(F)F)c2)CC1. The average molecular weight is 403 g/mol. The van der Waals surface area contributed by atoms with Crippen molar-refractivity contribution in [1.82, 2.24) is 4.90 Å². The Kier molecular flexibility index (Phi) is 5.25. The third kappa shape index (κ3) is 3.96. The van der Waals surface area contributed by atoms with Gasteiger partial charge in [0.2, 0.25) is 5.91 Å². The molecule has 0 spiro atoms. The Labute approximate surface area is 168 Å². The van der Waals surface area contributed by atoms with Gasteiger partial charge < -0.3 is 9.80 Å². The number of carbonyl (C=O) groups excluding carboxylic acids is 1. The number of anilines is 2. The fourth-order valence-electron chi connectivity index (χ4n) is 4.20. The van der Waals surface area contributed by atoms with Crippen molar-refractivity contribution in [2.45, 2.75) is 25.6 Å². The van der Waals surface area contributed by atoms with Gasteiger partial charge in [0.15, 0.2) is 0 Å². The highest BCUT2D eigenvalue weighted by Crippen LogP contribution is 2.32. The summed E-state index contributed by atoms with van der Waals surface area (Å²) in [7, 11) is 0. The minimum Gasteiger partial charge on any atom is -0.369 e. The molecule has 2 heterocycles. The summed E-state index contributed by atoms with van der Waals surface area (Å²) in [6.07, 6.45) is -3.47. The van der Waals surface area contributed by atoms with Gasteiger partial charge in [0, 0.05) is 44.1 Å². The largest absolute Gasteiger partial charge is 0.416 e. The lowest BCUT2D eigenvalue weighted by Gasteiger charge is -2.39. The second-order valence-electron chi connectivity index (χ2n) is 7.62. The number of carbonyl (C=O) groups is 1. The van der Waals surface area contributed by atoms with Crippen LogP contribution in [0.5, 0.6) is 0 Å². The number of para-hydroxylation sites is 1. The second-order valence-corrected chi connectivity index (χ2v) is 7.62. The first kappa shape index (κ1) is 19.8. The lowest BCUT2D eigenvalue weighted by atomic mass is 10.1. The van der Waals surface area contributed by atoms with Crippen LogP contribution in [0.1, 0.15) is 18.1 Å². The highest BCUT2D eigenvalue weighted by atomic mass is 19.4. The maximum atomic E-state index is 13.1. The lowest BCUT2D eigenvalue weighted by Crippen LogP contribution is -2.54. The van der Waals surface area contributed by atoms with Crippen LogP contribution in [0.4, 0.5) is 24.5 Å². The summed E-state index contributed by atoms with van der Waals surface area (Å²) in [5, 5.41) is 0. The fraction of sp³-hybridized carbons (Fsp3) is 0.409. The van der Waals surface area contributed by atoms with E-state index < -0.39 is 11.7 Å². The van der Waals surface area contributed by atoms with Gasteiger partial charge in [-0.2, -0.15) is 13.2 Å². The number of hydrogen-bond donors (Lipinski definition) is 0. The van der Waals surface area contributed by atoms with E-state index in [0.29, 0.717) is 38.4 Å². The Hall–Kier alpha value is -2.54. The van der Waals surface area contributed by atoms with Crippen LogP contribution in [0.3, 0.4) is 0 Å². The molecule has 1 fully saturated rings. The van der Waals surface area contributed by atoms with Crippen LogP contribution in [0, 0.1) is 0 Å². The first-order valence-electron chi connectivity index (χ1n) is 9.90. The first-order chi connectivity index (χ1) is 13.8. The van der Waals surface area contributed by atoms with E-state index in [1.807, 2.05) is 34.9 Å². The van der Waals surface area contributed by atoms with Crippen LogP contribution < -0.4 is 9.80 Å². The van der Waals surface area contributed by atoms with Crippen LogP contribution >= 0.6 is 0 Å². The van der Waals surface area contributed by atoms with Gasteiger partial charge in [0.1, 0.15) is 0 Å². The van der Waals surface area contributed by atoms with Crippen LogP contribution in [-0.4, -0.2) is 49.6 Å². The molecule has 7 heteroatoms. The molecule has 2 aliphatic rings. The Morgan fingerprint density at radius 2 is 1.69 bits per heavy atom. The Morgan fingerprint density at radius 1 is 0.966 bits per heavy atom. The van der Waals surface area contributed by atoms with Crippen molar-refractivity contribution >= 4 is 17.3 Å². The monoisotopic (exact) mass is 403 g/mol. The molecule has 2 aliphatic heterocycles. The zero-order chi connectivity index (χ0) is 20.6. The molecule has 154 valence electrons. The number of halogens is 3. The van der Waals surface area contributed by atoms with Crippen LogP contribution in [-0.2, 0) is 17.4 Å². The molecule has 0 bridgehead atoms. The van der Waals surface area contributed by atoms with Crippen molar-refractivity contribution in [3.63, 3.8) is 0 Å². The van der Waals surface area contributed by atoms with Gasteiger partial charge in [-0.05, 0) is 43.2 Å². The zero-order valence-electron chi connectivity index (χ0n) is 16.3. The number of rotatable bonds is 3. The maximum absolute atomic E-state index is 13.1. The summed E-state index contributed by atoms with van der Waals surface area (Å²) in [6.45, 7) is 5.08. The minimum absolute atomic E-state index is 0.0856. The standard InChI is InChI=1S/C22H24F3N3O/c1-16(21(29)28-10-9-17-5-2-3-8-20(17)28)26-11-13-27(14-12-26)19-7-4-6-18(15-19)22(23,24)25/h2-8,15-16H,9-14H2,1H3/t16-/m0/s1. The molecule has 0 saturated carbocycles. The third-order valence-electron chi connectivity index (χ3n) is 5.91. The normalized spacial score (nSPS) is 18.6. The number of piperazine rings is 1. The molecule has 4 nitrogen and oxygen atoms in total. The molecule has 2 aromatic rings. The van der Waals surface area contributed by atoms with E-state index in [1.165, 1.54) is 17.7 Å². The van der Waals surface area contributed by atoms with Gasteiger partial charge in [-0.3, -0.25) is 9.69 Å². The second kappa shape index (κ2) is 7.71. The van der Waals surface area contributed by atoms with Crippen molar-refractivity contribution in [3.05, 3.63) is 59.7 Å². The van der Waals surface area contributed by atoms with Crippen molar-refractivity contribution in [2.24, 2.45) is 0 Å². The summed E-state index contributed by atoms with van der Waals surface area (Å²) in [5.41, 5.74) is 2.13. The van der Waals surface area contributed by atoms with Crippen molar-refractivity contribution < 1.29 is 18.0 Å². The summed E-state index contributed by atoms with van der Waals surface area (Å²) >= 11 is 0. The lowest BCUT2D eigenvalue weighted by molar-refractivity contribution is -0.137. The molecular weight excluding hydrogens is 379 g/mol. The predicted octanol–water partition coefficient (Wildman–Crippen LogP) is 3.81. The molecular formula is C22H24F3N3O. The van der Waals surface area contributed by atoms with Crippen molar-refractivity contribution in [2.75, 3.05) is 42.5 Å². The van der Waals surface area contributed by atoms with Gasteiger partial charge in [0.25, 0.3) is 0 Å². The van der Waals surface area contributed by atoms with Gasteiger partial charge in [-0.25, -0.2) is 0 Å². The van der Waals surface area contributed by atoms with E-state index >= 15 is 0 Å². The van der Waals surface area contributed by atoms with E-state index in [0.717, 1.165) is 18.2 Å². The zero-order valence-corrected chi connectivity index (χ0v) is 16.3. The first-order valence-corrected chi connectivity index (χ1v) is 9.90. The number of benzene rings is 2. The molecule has 4 rings (SSSR count). The predicted molar refractivity (Wildman–Crippen MR) is 107 cm³/mol. The third-order valence-corrected chi connectivity index (χ3v) is 5.91. The van der Waals surface area contributed by atoms with Crippen LogP contribution in [0.25, 0.3) is 0 Å². The van der Waals surface area contributed by atoms with Crippen LogP contribution in [0.2, 0.25) is 0 Å². The molecule has 1 saturated heterocycles. The van der Waals surface area contributed by atoms with E-state index in [-0.39, 0.29) is 11.9 Å². The van der Waals surface area contributed by atoms with E-state index in [4.69, 9.17) is 0 Å². The molecule has 2 aromatic carbocycles. The van der Waals surface area contributed by atoms with E-state index in [9.17, 15) is 18.0 Å². The number of amides is 1. The molecule has 0 unspecified atom stereocenters. The smallest absolute Gasteiger partial charge is 0.369 e. The number of nitrogens with zero attached hydrogens (tertiary/aromatic N) is 3. The summed E-state index contributed by atoms with van der Waals surface area (Å²) in [4.78, 5) is 19.0. The topological polar surface area (TPSA) is 26.8 Å². The molecule has 1 atom stereocenters. The maximum Gasteiger partial charge on any atom is 0.416 e. The molecule has 0 N–H and O–H groups in total. The summed E-state index contributed by atoms with van der Waals surface area (Å²) < 4.78 is 38.9. The highest BCUT2D eigenvalue weighted by molar-refractivity contribution is 5.98. The Balaban J connectivity index is 1.39. The van der Waals surface area contributed by atoms with Gasteiger partial charge in [-0.15, -0.1) is 0 Å². The van der Waals surface area contributed by atoms with Crippen molar-refractivity contribution in [3.8, 4) is 0 Å². The molecule has 1 amide bonds. The van der Waals surface area contributed by atoms with Gasteiger partial charge >= 0.3 is 6.18 Å². The number of hydrogen-bond acceptors (Lipinski definition) is 3. The molecule has 29 heavy (non-hydrogen) atoms. The van der Waals surface area contributed by atoms with Gasteiger partial charge in [0.05, 0.1) is 11.6 Å². The summed E-state index contributed by atoms with van der Waals surface area (Å²) in [6, 6.07) is 13.2. The highest BCUT2D eigenvalue weighted by Gasteiger charge is 2.33. The molecule has 0 radical (unpaired) electrons. The Bertz CT molecular complexity index is 891. The van der Waals surface area contributed by atoms with E-state index in [2.05, 4.69) is 11.0 Å². The Morgan fingerprint density at radius 3 is 2.41 bits per heavy atom. The number of alkyl halides is 3. The van der Waals surface area contributed by atoms with Crippen molar-refractivity contribution in [1.29, 1.82) is 0 Å². The summed E-state index contributed by atoms with van der Waals surface area (Å²) in [5.74, 6) is 0.0856. The quantitative estimate of drug-likeness (QED) is 0.780. The van der Waals surface area contributed by atoms with Gasteiger partial charge in [-0.1, -0.05) is 24.3 Å².